The molecular formula is C14H20FN3O4S. The molecule has 1 fully saturated rings. The molecule has 2 rings (SSSR count). The van der Waals surface area contributed by atoms with Gasteiger partial charge in [-0.25, -0.2) is 22.3 Å². The lowest BCUT2D eigenvalue weighted by Crippen LogP contribution is -2.46. The minimum absolute atomic E-state index is 0.209. The number of carbonyl (C=O) groups excluding carboxylic acids is 1. The molecule has 0 atom stereocenters. The Bertz CT molecular complexity index is 660. The van der Waals surface area contributed by atoms with Gasteiger partial charge >= 0.3 is 5.97 Å². The second-order valence-electron chi connectivity index (χ2n) is 5.12. The fourth-order valence-electron chi connectivity index (χ4n) is 2.36. The highest BCUT2D eigenvalue weighted by Gasteiger charge is 2.23. The summed E-state index contributed by atoms with van der Waals surface area (Å²) in [7, 11) is -2.81. The fraction of sp³-hybridized carbons (Fsp3) is 0.500. The van der Waals surface area contributed by atoms with Crippen LogP contribution in [0.15, 0.2) is 23.1 Å². The van der Waals surface area contributed by atoms with Crippen molar-refractivity contribution in [1.29, 1.82) is 0 Å². The third kappa shape index (κ3) is 4.71. The number of hydrogen-bond acceptors (Lipinski definition) is 6. The van der Waals surface area contributed by atoms with Crippen molar-refractivity contribution in [3.05, 3.63) is 29.6 Å². The van der Waals surface area contributed by atoms with Gasteiger partial charge in [0.1, 0.15) is 5.82 Å². The van der Waals surface area contributed by atoms with Crippen LogP contribution in [0.5, 0.6) is 0 Å². The van der Waals surface area contributed by atoms with E-state index in [0.717, 1.165) is 51.5 Å². The molecule has 1 heterocycles. The van der Waals surface area contributed by atoms with E-state index in [1.807, 2.05) is 0 Å². The molecule has 1 aromatic rings. The highest BCUT2D eigenvalue weighted by atomic mass is 32.2. The minimum atomic E-state index is -3.92. The van der Waals surface area contributed by atoms with Gasteiger partial charge in [0.2, 0.25) is 10.0 Å². The third-order valence-electron chi connectivity index (χ3n) is 3.57. The number of hydrogen-bond donors (Lipinski definition) is 2. The Kier molecular flexibility index (Phi) is 6.05. The number of nitrogens with zero attached hydrogens (tertiary/aromatic N) is 1. The van der Waals surface area contributed by atoms with Gasteiger partial charge in [-0.05, 0) is 18.2 Å². The van der Waals surface area contributed by atoms with E-state index in [1.165, 1.54) is 0 Å². The summed E-state index contributed by atoms with van der Waals surface area (Å²) in [6.45, 7) is 4.22. The molecular weight excluding hydrogens is 325 g/mol. The molecule has 0 spiro atoms. The lowest BCUT2D eigenvalue weighted by atomic mass is 10.2. The number of piperazine rings is 1. The zero-order valence-electron chi connectivity index (χ0n) is 12.8. The summed E-state index contributed by atoms with van der Waals surface area (Å²) in [4.78, 5) is 13.5. The van der Waals surface area contributed by atoms with E-state index >= 15 is 0 Å². The predicted molar refractivity (Wildman–Crippen MR) is 82.2 cm³/mol. The van der Waals surface area contributed by atoms with Crippen molar-refractivity contribution in [2.24, 2.45) is 0 Å². The second-order valence-corrected chi connectivity index (χ2v) is 6.86. The monoisotopic (exact) mass is 345 g/mol. The Morgan fingerprint density at radius 1 is 1.39 bits per heavy atom. The summed E-state index contributed by atoms with van der Waals surface area (Å²) in [5.41, 5.74) is -0.317. The average Bonchev–Trinajstić information content (AvgIpc) is 2.54. The van der Waals surface area contributed by atoms with E-state index in [-0.39, 0.29) is 17.0 Å². The highest BCUT2D eigenvalue weighted by Crippen LogP contribution is 2.18. The van der Waals surface area contributed by atoms with Crippen LogP contribution in [0.2, 0.25) is 0 Å². The quantitative estimate of drug-likeness (QED) is 0.694. The molecule has 0 unspecified atom stereocenters. The predicted octanol–water partition coefficient (Wildman–Crippen LogP) is -0.204. The van der Waals surface area contributed by atoms with Crippen molar-refractivity contribution in [3.63, 3.8) is 0 Å². The summed E-state index contributed by atoms with van der Waals surface area (Å²) in [6, 6.07) is 2.92. The van der Waals surface area contributed by atoms with Gasteiger partial charge < -0.3 is 10.1 Å². The molecule has 0 bridgehead atoms. The van der Waals surface area contributed by atoms with Crippen molar-refractivity contribution < 1.29 is 22.3 Å². The highest BCUT2D eigenvalue weighted by molar-refractivity contribution is 7.89. The second kappa shape index (κ2) is 7.82. The Labute approximate surface area is 134 Å². The molecule has 7 nitrogen and oxygen atoms in total. The van der Waals surface area contributed by atoms with E-state index in [0.29, 0.717) is 6.54 Å². The number of methoxy groups -OCH3 is 1. The van der Waals surface area contributed by atoms with Gasteiger partial charge in [0.15, 0.2) is 0 Å². The van der Waals surface area contributed by atoms with Crippen LogP contribution in [0.25, 0.3) is 0 Å². The summed E-state index contributed by atoms with van der Waals surface area (Å²) >= 11 is 0. The number of nitrogens with one attached hydrogen (secondary N) is 2. The molecule has 0 radical (unpaired) electrons. The molecule has 23 heavy (non-hydrogen) atoms. The molecule has 0 aromatic heterocycles. The molecule has 1 aliphatic heterocycles. The van der Waals surface area contributed by atoms with Gasteiger partial charge in [0.25, 0.3) is 0 Å². The van der Waals surface area contributed by atoms with Gasteiger partial charge in [-0.2, -0.15) is 0 Å². The van der Waals surface area contributed by atoms with E-state index < -0.39 is 21.8 Å². The van der Waals surface area contributed by atoms with Gasteiger partial charge in [-0.3, -0.25) is 4.90 Å². The van der Waals surface area contributed by atoms with Crippen LogP contribution in [-0.2, 0) is 14.8 Å². The van der Waals surface area contributed by atoms with E-state index in [9.17, 15) is 17.6 Å². The Hall–Kier alpha value is -1.55. The lowest BCUT2D eigenvalue weighted by molar-refractivity contribution is 0.0595. The minimum Gasteiger partial charge on any atom is -0.465 e. The van der Waals surface area contributed by atoms with Crippen molar-refractivity contribution >= 4 is 16.0 Å². The van der Waals surface area contributed by atoms with Crippen LogP contribution >= 0.6 is 0 Å². The first kappa shape index (κ1) is 17.8. The zero-order valence-corrected chi connectivity index (χ0v) is 13.7. The van der Waals surface area contributed by atoms with Crippen LogP contribution in [0, 0.1) is 5.82 Å². The number of carbonyl (C=O) groups is 1. The SMILES string of the molecule is COC(=O)c1cc(F)ccc1S(=O)(=O)NCCN1CCNCC1. The van der Waals surface area contributed by atoms with E-state index in [4.69, 9.17) is 0 Å². The van der Waals surface area contributed by atoms with Crippen LogP contribution in [-0.4, -0.2) is 65.7 Å². The van der Waals surface area contributed by atoms with Gasteiger partial charge in [-0.1, -0.05) is 0 Å². The Morgan fingerprint density at radius 3 is 2.74 bits per heavy atom. The van der Waals surface area contributed by atoms with Crippen LogP contribution in [0.4, 0.5) is 4.39 Å². The summed E-state index contributed by atoms with van der Waals surface area (Å²) < 4.78 is 45.0. The number of esters is 1. The first-order valence-electron chi connectivity index (χ1n) is 7.24. The molecule has 1 saturated heterocycles. The van der Waals surface area contributed by atoms with Crippen molar-refractivity contribution in [2.45, 2.75) is 4.90 Å². The Morgan fingerprint density at radius 2 is 2.09 bits per heavy atom. The largest absolute Gasteiger partial charge is 0.465 e. The normalized spacial score (nSPS) is 16.3. The maximum atomic E-state index is 13.3. The van der Waals surface area contributed by atoms with E-state index in [1.54, 1.807) is 0 Å². The van der Waals surface area contributed by atoms with Crippen molar-refractivity contribution in [2.75, 3.05) is 46.4 Å². The summed E-state index contributed by atoms with van der Waals surface area (Å²) in [5.74, 6) is -1.60. The van der Waals surface area contributed by atoms with Gasteiger partial charge in [0, 0.05) is 39.3 Å². The maximum absolute atomic E-state index is 13.3. The van der Waals surface area contributed by atoms with Crippen LogP contribution in [0.3, 0.4) is 0 Å². The molecule has 1 aromatic carbocycles. The number of sulfonamides is 1. The van der Waals surface area contributed by atoms with Crippen molar-refractivity contribution in [3.8, 4) is 0 Å². The summed E-state index contributed by atoms with van der Waals surface area (Å²) in [5, 5.41) is 3.21. The number of ether oxygens (including phenoxy) is 1. The number of halogens is 1. The number of benzene rings is 1. The molecule has 1 aliphatic rings. The van der Waals surface area contributed by atoms with Gasteiger partial charge in [-0.15, -0.1) is 0 Å². The molecule has 2 N–H and O–H groups in total. The summed E-state index contributed by atoms with van der Waals surface area (Å²) in [6.07, 6.45) is 0. The first-order valence-corrected chi connectivity index (χ1v) is 8.73. The van der Waals surface area contributed by atoms with Crippen LogP contribution < -0.4 is 10.0 Å². The van der Waals surface area contributed by atoms with Crippen molar-refractivity contribution in [1.82, 2.24) is 14.9 Å². The maximum Gasteiger partial charge on any atom is 0.339 e. The Balaban J connectivity index is 2.08. The van der Waals surface area contributed by atoms with E-state index in [2.05, 4.69) is 19.7 Å². The number of rotatable bonds is 6. The van der Waals surface area contributed by atoms with Gasteiger partial charge in [0.05, 0.1) is 17.6 Å². The lowest BCUT2D eigenvalue weighted by Gasteiger charge is -2.27. The average molecular weight is 345 g/mol. The molecule has 9 heteroatoms. The standard InChI is InChI=1S/C14H20FN3O4S/c1-22-14(19)12-10-11(15)2-3-13(12)23(20,21)17-6-9-18-7-4-16-5-8-18/h2-3,10,16-17H,4-9H2,1H3. The molecule has 128 valence electrons. The third-order valence-corrected chi connectivity index (χ3v) is 5.09. The first-order chi connectivity index (χ1) is 10.9. The molecule has 0 saturated carbocycles. The fourth-order valence-corrected chi connectivity index (χ4v) is 3.55. The van der Waals surface area contributed by atoms with Crippen LogP contribution in [0.1, 0.15) is 10.4 Å². The molecule has 0 aliphatic carbocycles. The molecule has 0 amide bonds. The smallest absolute Gasteiger partial charge is 0.339 e. The topological polar surface area (TPSA) is 87.7 Å². The zero-order chi connectivity index (χ0) is 16.9.